The van der Waals surface area contributed by atoms with Crippen molar-refractivity contribution >= 4 is 17.1 Å². The van der Waals surface area contributed by atoms with Gasteiger partial charge >= 0.3 is 6.16 Å². The summed E-state index contributed by atoms with van der Waals surface area (Å²) >= 11 is 0. The van der Waals surface area contributed by atoms with Crippen LogP contribution in [0, 0.1) is 11.6 Å². The Morgan fingerprint density at radius 2 is 1.96 bits per heavy atom. The average molecular weight is 375 g/mol. The lowest BCUT2D eigenvalue weighted by molar-refractivity contribution is 0.143. The number of carboxylic acid groups (broad SMARTS) is 1. The van der Waals surface area contributed by atoms with Gasteiger partial charge in [0.05, 0.1) is 18.3 Å². The summed E-state index contributed by atoms with van der Waals surface area (Å²) in [4.78, 5) is 23.4. The van der Waals surface area contributed by atoms with E-state index < -0.39 is 29.0 Å². The van der Waals surface area contributed by atoms with Gasteiger partial charge in [-0.05, 0) is 29.3 Å². The lowest BCUT2D eigenvalue weighted by Crippen LogP contribution is -2.17. The van der Waals surface area contributed by atoms with Gasteiger partial charge in [0.15, 0.2) is 17.4 Å². The Labute approximate surface area is 151 Å². The Hall–Kier alpha value is -3.26. The standard InChI is InChI=1S/C19H15F2NO5/c20-14-3-1-2-12(17(14)21)8-11-4-5-15-13(9-11)18(24)16(27-19(25)26)10-22(15)6-7-23/h1-5,9-10,23H,6-8H2,(H,25,26). The minimum absolute atomic E-state index is 0.0446. The van der Waals surface area contributed by atoms with Gasteiger partial charge in [-0.3, -0.25) is 4.79 Å². The number of rotatable bonds is 5. The van der Waals surface area contributed by atoms with E-state index in [9.17, 15) is 23.5 Å². The highest BCUT2D eigenvalue weighted by Crippen LogP contribution is 2.21. The number of halogens is 2. The lowest BCUT2D eigenvalue weighted by Gasteiger charge is -2.13. The molecule has 0 aliphatic carbocycles. The van der Waals surface area contributed by atoms with Crippen molar-refractivity contribution in [2.24, 2.45) is 0 Å². The number of ether oxygens (including phenoxy) is 1. The van der Waals surface area contributed by atoms with Crippen LogP contribution >= 0.6 is 0 Å². The molecule has 2 N–H and O–H groups in total. The number of fused-ring (bicyclic) bond motifs is 1. The first-order chi connectivity index (χ1) is 12.9. The molecule has 3 rings (SSSR count). The van der Waals surface area contributed by atoms with Crippen molar-refractivity contribution in [1.82, 2.24) is 4.57 Å². The third-order valence-corrected chi connectivity index (χ3v) is 4.08. The van der Waals surface area contributed by atoms with E-state index in [4.69, 9.17) is 5.11 Å². The van der Waals surface area contributed by atoms with E-state index in [2.05, 4.69) is 4.74 Å². The summed E-state index contributed by atoms with van der Waals surface area (Å²) < 4.78 is 33.3. The number of benzene rings is 2. The number of aliphatic hydroxyl groups excluding tert-OH is 1. The molecule has 0 fully saturated rings. The van der Waals surface area contributed by atoms with Crippen LogP contribution in [0.3, 0.4) is 0 Å². The van der Waals surface area contributed by atoms with Crippen molar-refractivity contribution in [1.29, 1.82) is 0 Å². The minimum Gasteiger partial charge on any atom is -0.449 e. The molecule has 0 bridgehead atoms. The molecule has 0 saturated heterocycles. The first-order valence-corrected chi connectivity index (χ1v) is 8.01. The number of aromatic nitrogens is 1. The van der Waals surface area contributed by atoms with Crippen molar-refractivity contribution < 1.29 is 28.5 Å². The molecule has 0 aliphatic heterocycles. The molecule has 1 aromatic heterocycles. The Balaban J connectivity index is 2.12. The van der Waals surface area contributed by atoms with Crippen molar-refractivity contribution in [3.8, 4) is 5.75 Å². The topological polar surface area (TPSA) is 88.8 Å². The molecule has 2 aromatic carbocycles. The summed E-state index contributed by atoms with van der Waals surface area (Å²) in [6, 6.07) is 8.58. The molecule has 27 heavy (non-hydrogen) atoms. The van der Waals surface area contributed by atoms with Gasteiger partial charge in [-0.2, -0.15) is 0 Å². The summed E-state index contributed by atoms with van der Waals surface area (Å²) in [7, 11) is 0. The Bertz CT molecular complexity index is 1080. The highest BCUT2D eigenvalue weighted by molar-refractivity contribution is 5.81. The fourth-order valence-electron chi connectivity index (χ4n) is 2.89. The number of carbonyl (C=O) groups is 1. The third-order valence-electron chi connectivity index (χ3n) is 4.08. The van der Waals surface area contributed by atoms with Gasteiger partial charge in [-0.1, -0.05) is 18.2 Å². The molecule has 0 amide bonds. The largest absolute Gasteiger partial charge is 0.511 e. The van der Waals surface area contributed by atoms with Gasteiger partial charge in [-0.25, -0.2) is 13.6 Å². The molecule has 0 spiro atoms. The molecule has 6 nitrogen and oxygen atoms in total. The van der Waals surface area contributed by atoms with Crippen molar-refractivity contribution in [3.63, 3.8) is 0 Å². The summed E-state index contributed by atoms with van der Waals surface area (Å²) in [5.74, 6) is -2.33. The molecule has 0 saturated carbocycles. The van der Waals surface area contributed by atoms with Crippen LogP contribution in [0.15, 0.2) is 47.4 Å². The number of nitrogens with zero attached hydrogens (tertiary/aromatic N) is 1. The van der Waals surface area contributed by atoms with Crippen LogP contribution in [-0.2, 0) is 13.0 Å². The Morgan fingerprint density at radius 3 is 2.67 bits per heavy atom. The van der Waals surface area contributed by atoms with E-state index in [1.165, 1.54) is 29.0 Å². The SMILES string of the molecule is O=C(O)Oc1cn(CCO)c2ccc(Cc3cccc(F)c3F)cc2c1=O. The molecule has 1 heterocycles. The zero-order valence-corrected chi connectivity index (χ0v) is 14.0. The summed E-state index contributed by atoms with van der Waals surface area (Å²) in [6.45, 7) is -0.120. The molecule has 8 heteroatoms. The Kier molecular flexibility index (Phi) is 5.18. The molecule has 0 radical (unpaired) electrons. The van der Waals surface area contributed by atoms with E-state index in [-0.39, 0.29) is 30.5 Å². The van der Waals surface area contributed by atoms with Gasteiger partial charge < -0.3 is 19.5 Å². The number of aliphatic hydroxyl groups is 1. The third kappa shape index (κ3) is 3.80. The van der Waals surface area contributed by atoms with Crippen molar-refractivity contribution in [2.45, 2.75) is 13.0 Å². The van der Waals surface area contributed by atoms with Crippen molar-refractivity contribution in [2.75, 3.05) is 6.61 Å². The monoisotopic (exact) mass is 375 g/mol. The first-order valence-electron chi connectivity index (χ1n) is 8.01. The second-order valence-corrected chi connectivity index (χ2v) is 5.85. The van der Waals surface area contributed by atoms with Gasteiger partial charge in [0.25, 0.3) is 0 Å². The number of hydrogen-bond acceptors (Lipinski definition) is 4. The molecular formula is C19H15F2NO5. The first kappa shape index (κ1) is 18.5. The van der Waals surface area contributed by atoms with Gasteiger partial charge in [0, 0.05) is 18.4 Å². The van der Waals surface area contributed by atoms with Crippen LogP contribution in [0.2, 0.25) is 0 Å². The van der Waals surface area contributed by atoms with Crippen LogP contribution < -0.4 is 10.2 Å². The predicted octanol–water partition coefficient (Wildman–Crippen LogP) is 2.92. The molecule has 140 valence electrons. The molecule has 0 atom stereocenters. The van der Waals surface area contributed by atoms with Crippen LogP contribution in [0.1, 0.15) is 11.1 Å². The van der Waals surface area contributed by atoms with E-state index >= 15 is 0 Å². The average Bonchev–Trinajstić information content (AvgIpc) is 2.63. The van der Waals surface area contributed by atoms with Gasteiger partial charge in [0.1, 0.15) is 0 Å². The normalized spacial score (nSPS) is 10.9. The van der Waals surface area contributed by atoms with E-state index in [0.717, 1.165) is 6.07 Å². The van der Waals surface area contributed by atoms with E-state index in [0.29, 0.717) is 11.1 Å². The quantitative estimate of drug-likeness (QED) is 0.670. The van der Waals surface area contributed by atoms with Crippen LogP contribution in [-0.4, -0.2) is 27.5 Å². The zero-order chi connectivity index (χ0) is 19.6. The molecule has 3 aromatic rings. The maximum atomic E-state index is 13.9. The van der Waals surface area contributed by atoms with Crippen LogP contribution in [0.5, 0.6) is 5.75 Å². The lowest BCUT2D eigenvalue weighted by atomic mass is 10.0. The second-order valence-electron chi connectivity index (χ2n) is 5.85. The summed E-state index contributed by atoms with van der Waals surface area (Å²) in [5.41, 5.74) is 0.466. The maximum absolute atomic E-state index is 13.9. The summed E-state index contributed by atoms with van der Waals surface area (Å²) in [6.07, 6.45) is -0.385. The van der Waals surface area contributed by atoms with Crippen molar-refractivity contribution in [3.05, 3.63) is 75.6 Å². The number of hydrogen-bond donors (Lipinski definition) is 2. The fourth-order valence-corrected chi connectivity index (χ4v) is 2.89. The molecule has 0 unspecified atom stereocenters. The Morgan fingerprint density at radius 1 is 1.19 bits per heavy atom. The highest BCUT2D eigenvalue weighted by atomic mass is 19.2. The van der Waals surface area contributed by atoms with E-state index in [1.807, 2.05) is 0 Å². The predicted molar refractivity (Wildman–Crippen MR) is 93.1 cm³/mol. The fraction of sp³-hybridized carbons (Fsp3) is 0.158. The summed E-state index contributed by atoms with van der Waals surface area (Å²) in [5, 5.41) is 18.1. The van der Waals surface area contributed by atoms with Gasteiger partial charge in [-0.15, -0.1) is 0 Å². The second kappa shape index (κ2) is 7.55. The van der Waals surface area contributed by atoms with E-state index in [1.54, 1.807) is 12.1 Å². The minimum atomic E-state index is -1.64. The maximum Gasteiger partial charge on any atom is 0.511 e. The van der Waals surface area contributed by atoms with Gasteiger partial charge in [0.2, 0.25) is 5.43 Å². The van der Waals surface area contributed by atoms with Crippen LogP contribution in [0.25, 0.3) is 10.9 Å². The molecule has 0 aliphatic rings. The molecular weight excluding hydrogens is 360 g/mol. The zero-order valence-electron chi connectivity index (χ0n) is 14.0. The smallest absolute Gasteiger partial charge is 0.449 e. The number of pyridine rings is 1. The highest BCUT2D eigenvalue weighted by Gasteiger charge is 2.14. The van der Waals surface area contributed by atoms with Crippen LogP contribution in [0.4, 0.5) is 13.6 Å².